The van der Waals surface area contributed by atoms with Crippen molar-refractivity contribution in [3.63, 3.8) is 0 Å². The number of carbonyl (C=O) groups is 1. The van der Waals surface area contributed by atoms with Gasteiger partial charge in [0.25, 0.3) is 0 Å². The van der Waals surface area contributed by atoms with Crippen molar-refractivity contribution in [2.24, 2.45) is 0 Å². The number of rotatable bonds is 3. The summed E-state index contributed by atoms with van der Waals surface area (Å²) in [5.74, 6) is -0.306. The molecule has 1 aliphatic carbocycles. The Labute approximate surface area is 126 Å². The van der Waals surface area contributed by atoms with Gasteiger partial charge >= 0.3 is 5.97 Å². The van der Waals surface area contributed by atoms with Crippen LogP contribution in [-0.4, -0.2) is 25.7 Å². The second-order valence-electron chi connectivity index (χ2n) is 5.98. The topological polar surface area (TPSA) is 29.5 Å². The zero-order valence-electron chi connectivity index (χ0n) is 12.7. The fourth-order valence-electron chi connectivity index (χ4n) is 3.56. The summed E-state index contributed by atoms with van der Waals surface area (Å²) < 4.78 is 4.63. The lowest BCUT2D eigenvalue weighted by Gasteiger charge is -2.33. The van der Waals surface area contributed by atoms with Crippen molar-refractivity contribution in [2.45, 2.75) is 44.6 Å². The molecule has 0 spiro atoms. The standard InChI is InChI=1S/C18H23NO2/c1-21-18(20)10-8-14-7-9-17-15(13-14)11-12-19(17)16-5-3-2-4-6-16/h7-10,13,16H,2-6,11-12H2,1H3. The van der Waals surface area contributed by atoms with E-state index in [2.05, 4.69) is 27.8 Å². The Morgan fingerprint density at radius 1 is 1.29 bits per heavy atom. The van der Waals surface area contributed by atoms with Crippen LogP contribution in [0.5, 0.6) is 0 Å². The third kappa shape index (κ3) is 3.12. The number of hydrogen-bond donors (Lipinski definition) is 0. The van der Waals surface area contributed by atoms with Gasteiger partial charge in [-0.25, -0.2) is 4.79 Å². The van der Waals surface area contributed by atoms with Gasteiger partial charge in [0.15, 0.2) is 0 Å². The minimum atomic E-state index is -0.306. The van der Waals surface area contributed by atoms with Gasteiger partial charge in [0.1, 0.15) is 0 Å². The highest BCUT2D eigenvalue weighted by molar-refractivity contribution is 5.87. The molecule has 0 amide bonds. The van der Waals surface area contributed by atoms with E-state index in [0.717, 1.165) is 24.6 Å². The van der Waals surface area contributed by atoms with Gasteiger partial charge in [0.2, 0.25) is 0 Å². The van der Waals surface area contributed by atoms with Crippen LogP contribution in [0.4, 0.5) is 5.69 Å². The largest absolute Gasteiger partial charge is 0.466 e. The summed E-state index contributed by atoms with van der Waals surface area (Å²) in [5.41, 5.74) is 3.88. The molecule has 1 aromatic carbocycles. The number of ether oxygens (including phenoxy) is 1. The Bertz CT molecular complexity index is 544. The molecule has 3 rings (SSSR count). The first-order valence-electron chi connectivity index (χ1n) is 7.93. The van der Waals surface area contributed by atoms with Gasteiger partial charge in [-0.1, -0.05) is 25.3 Å². The summed E-state index contributed by atoms with van der Waals surface area (Å²) in [6.45, 7) is 1.14. The van der Waals surface area contributed by atoms with Gasteiger partial charge in [-0.2, -0.15) is 0 Å². The second kappa shape index (κ2) is 6.33. The maximum atomic E-state index is 11.2. The summed E-state index contributed by atoms with van der Waals surface area (Å²) in [6, 6.07) is 7.25. The quantitative estimate of drug-likeness (QED) is 0.628. The summed E-state index contributed by atoms with van der Waals surface area (Å²) in [4.78, 5) is 13.8. The number of fused-ring (bicyclic) bond motifs is 1. The van der Waals surface area contributed by atoms with Crippen molar-refractivity contribution in [3.05, 3.63) is 35.4 Å². The number of hydrogen-bond acceptors (Lipinski definition) is 3. The maximum Gasteiger partial charge on any atom is 0.330 e. The number of methoxy groups -OCH3 is 1. The van der Waals surface area contributed by atoms with Crippen molar-refractivity contribution >= 4 is 17.7 Å². The van der Waals surface area contributed by atoms with Gasteiger partial charge in [0.05, 0.1) is 7.11 Å². The molecule has 1 aromatic rings. The first-order valence-corrected chi connectivity index (χ1v) is 7.93. The van der Waals surface area contributed by atoms with Gasteiger partial charge < -0.3 is 9.64 Å². The molecule has 1 heterocycles. The highest BCUT2D eigenvalue weighted by Crippen LogP contribution is 2.35. The number of nitrogens with zero attached hydrogens (tertiary/aromatic N) is 1. The van der Waals surface area contributed by atoms with Crippen molar-refractivity contribution < 1.29 is 9.53 Å². The lowest BCUT2D eigenvalue weighted by atomic mass is 9.94. The van der Waals surface area contributed by atoms with Crippen molar-refractivity contribution in [1.29, 1.82) is 0 Å². The Morgan fingerprint density at radius 2 is 2.10 bits per heavy atom. The molecule has 3 nitrogen and oxygen atoms in total. The van der Waals surface area contributed by atoms with E-state index >= 15 is 0 Å². The molecular formula is C18H23NO2. The molecule has 0 unspecified atom stereocenters. The van der Waals surface area contributed by atoms with E-state index in [9.17, 15) is 4.79 Å². The molecule has 1 aliphatic heterocycles. The number of benzene rings is 1. The van der Waals surface area contributed by atoms with Crippen LogP contribution < -0.4 is 4.90 Å². The molecule has 0 aromatic heterocycles. The van der Waals surface area contributed by atoms with Gasteiger partial charge in [-0.15, -0.1) is 0 Å². The molecule has 0 radical (unpaired) electrons. The van der Waals surface area contributed by atoms with Crippen molar-refractivity contribution in [1.82, 2.24) is 0 Å². The lowest BCUT2D eigenvalue weighted by Crippen LogP contribution is -2.35. The summed E-state index contributed by atoms with van der Waals surface area (Å²) >= 11 is 0. The molecule has 0 bridgehead atoms. The van der Waals surface area contributed by atoms with E-state index in [4.69, 9.17) is 0 Å². The van der Waals surface area contributed by atoms with Crippen molar-refractivity contribution in [2.75, 3.05) is 18.6 Å². The Hall–Kier alpha value is -1.77. The molecule has 21 heavy (non-hydrogen) atoms. The van der Waals surface area contributed by atoms with Crippen LogP contribution in [0.1, 0.15) is 43.2 Å². The lowest BCUT2D eigenvalue weighted by molar-refractivity contribution is -0.134. The average molecular weight is 285 g/mol. The fraction of sp³-hybridized carbons (Fsp3) is 0.500. The predicted molar refractivity (Wildman–Crippen MR) is 85.4 cm³/mol. The van der Waals surface area contributed by atoms with E-state index in [1.54, 1.807) is 0 Å². The van der Waals surface area contributed by atoms with E-state index in [1.807, 2.05) is 6.08 Å². The normalized spacial score (nSPS) is 19.0. The molecule has 1 fully saturated rings. The predicted octanol–water partition coefficient (Wildman–Crippen LogP) is 3.57. The zero-order valence-corrected chi connectivity index (χ0v) is 12.7. The Balaban J connectivity index is 1.75. The Morgan fingerprint density at radius 3 is 2.86 bits per heavy atom. The molecule has 2 aliphatic rings. The Kier molecular flexibility index (Phi) is 4.28. The van der Waals surface area contributed by atoms with Crippen LogP contribution in [-0.2, 0) is 16.0 Å². The highest BCUT2D eigenvalue weighted by Gasteiger charge is 2.27. The minimum Gasteiger partial charge on any atom is -0.466 e. The van der Waals surface area contributed by atoms with E-state index < -0.39 is 0 Å². The minimum absolute atomic E-state index is 0.306. The van der Waals surface area contributed by atoms with Crippen LogP contribution in [0, 0.1) is 0 Å². The SMILES string of the molecule is COC(=O)C=Cc1ccc2c(c1)CCN2C1CCCCC1. The van der Waals surface area contributed by atoms with Gasteiger partial charge in [0, 0.05) is 24.4 Å². The third-order valence-electron chi connectivity index (χ3n) is 4.66. The van der Waals surface area contributed by atoms with Crippen LogP contribution in [0.25, 0.3) is 6.08 Å². The van der Waals surface area contributed by atoms with Gasteiger partial charge in [-0.05, 0) is 48.6 Å². The molecular weight excluding hydrogens is 262 g/mol. The number of esters is 1. The first kappa shape index (κ1) is 14.2. The summed E-state index contributed by atoms with van der Waals surface area (Å²) in [6.07, 6.45) is 11.2. The molecule has 0 N–H and O–H groups in total. The van der Waals surface area contributed by atoms with E-state index in [-0.39, 0.29) is 5.97 Å². The zero-order chi connectivity index (χ0) is 14.7. The number of carbonyl (C=O) groups excluding carboxylic acids is 1. The highest BCUT2D eigenvalue weighted by atomic mass is 16.5. The monoisotopic (exact) mass is 285 g/mol. The van der Waals surface area contributed by atoms with Gasteiger partial charge in [-0.3, -0.25) is 0 Å². The smallest absolute Gasteiger partial charge is 0.330 e. The first-order chi connectivity index (χ1) is 10.3. The van der Waals surface area contributed by atoms with Crippen LogP contribution >= 0.6 is 0 Å². The van der Waals surface area contributed by atoms with Crippen LogP contribution in [0.3, 0.4) is 0 Å². The van der Waals surface area contributed by atoms with Crippen LogP contribution in [0.15, 0.2) is 24.3 Å². The second-order valence-corrected chi connectivity index (χ2v) is 5.98. The number of anilines is 1. The molecule has 0 atom stereocenters. The fourth-order valence-corrected chi connectivity index (χ4v) is 3.56. The molecule has 112 valence electrons. The third-order valence-corrected chi connectivity index (χ3v) is 4.66. The molecule has 3 heteroatoms. The average Bonchev–Trinajstić information content (AvgIpc) is 2.96. The van der Waals surface area contributed by atoms with Crippen LogP contribution in [0.2, 0.25) is 0 Å². The van der Waals surface area contributed by atoms with E-state index in [0.29, 0.717) is 0 Å². The molecule has 0 saturated heterocycles. The maximum absolute atomic E-state index is 11.2. The van der Waals surface area contributed by atoms with E-state index in [1.165, 1.54) is 56.5 Å². The summed E-state index contributed by atoms with van der Waals surface area (Å²) in [5, 5.41) is 0. The summed E-state index contributed by atoms with van der Waals surface area (Å²) in [7, 11) is 1.40. The molecule has 1 saturated carbocycles. The van der Waals surface area contributed by atoms with Crippen molar-refractivity contribution in [3.8, 4) is 0 Å².